The van der Waals surface area contributed by atoms with Crippen molar-refractivity contribution in [2.45, 2.75) is 6.54 Å². The van der Waals surface area contributed by atoms with Gasteiger partial charge >= 0.3 is 5.97 Å². The number of hydrogen-bond acceptors (Lipinski definition) is 5. The molecule has 0 bridgehead atoms. The third kappa shape index (κ3) is 4.35. The monoisotopic (exact) mass is 278 g/mol. The summed E-state index contributed by atoms with van der Waals surface area (Å²) in [6, 6.07) is 6.38. The number of carbonyl (C=O) groups is 1. The highest BCUT2D eigenvalue weighted by molar-refractivity contribution is 7.09. The van der Waals surface area contributed by atoms with Gasteiger partial charge in [0.25, 0.3) is 0 Å². The van der Waals surface area contributed by atoms with Crippen LogP contribution in [0.2, 0.25) is 0 Å². The van der Waals surface area contributed by atoms with E-state index >= 15 is 0 Å². The molecule has 0 aliphatic rings. The number of rotatable bonds is 7. The lowest BCUT2D eigenvalue weighted by atomic mass is 10.2. The standard InChI is InChI=1S/C13H14N2O3S/c16-13(17)10-1-3-11(4-2-10)18-6-5-14-7-12-8-15-9-19-12/h1-4,8-9,14H,5-7H2,(H,16,17). The van der Waals surface area contributed by atoms with Gasteiger partial charge in [-0.2, -0.15) is 0 Å². The van der Waals surface area contributed by atoms with Crippen LogP contribution in [0.3, 0.4) is 0 Å². The molecule has 6 heteroatoms. The van der Waals surface area contributed by atoms with Crippen LogP contribution in [-0.2, 0) is 6.54 Å². The molecule has 2 rings (SSSR count). The summed E-state index contributed by atoms with van der Waals surface area (Å²) in [7, 11) is 0. The fourth-order valence-corrected chi connectivity index (χ4v) is 2.04. The highest BCUT2D eigenvalue weighted by Crippen LogP contribution is 2.11. The quantitative estimate of drug-likeness (QED) is 0.758. The first-order chi connectivity index (χ1) is 9.25. The van der Waals surface area contributed by atoms with Gasteiger partial charge < -0.3 is 15.2 Å². The molecule has 0 saturated carbocycles. The Balaban J connectivity index is 1.66. The Morgan fingerprint density at radius 1 is 1.37 bits per heavy atom. The van der Waals surface area contributed by atoms with Crippen LogP contribution < -0.4 is 10.1 Å². The lowest BCUT2D eigenvalue weighted by molar-refractivity contribution is 0.0697. The molecular weight excluding hydrogens is 264 g/mol. The van der Waals surface area contributed by atoms with Crippen molar-refractivity contribution in [1.29, 1.82) is 0 Å². The van der Waals surface area contributed by atoms with Gasteiger partial charge in [0.15, 0.2) is 0 Å². The molecule has 5 nitrogen and oxygen atoms in total. The molecule has 0 atom stereocenters. The van der Waals surface area contributed by atoms with Gasteiger partial charge in [-0.15, -0.1) is 11.3 Å². The molecule has 0 aliphatic carbocycles. The van der Waals surface area contributed by atoms with Gasteiger partial charge in [-0.1, -0.05) is 0 Å². The number of nitrogens with one attached hydrogen (secondary N) is 1. The van der Waals surface area contributed by atoms with E-state index in [9.17, 15) is 4.79 Å². The van der Waals surface area contributed by atoms with Gasteiger partial charge in [-0.05, 0) is 24.3 Å². The second kappa shape index (κ2) is 6.86. The van der Waals surface area contributed by atoms with E-state index < -0.39 is 5.97 Å². The number of aromatic nitrogens is 1. The van der Waals surface area contributed by atoms with Crippen LogP contribution in [0.5, 0.6) is 5.75 Å². The molecule has 0 saturated heterocycles. The Kier molecular flexibility index (Phi) is 4.88. The summed E-state index contributed by atoms with van der Waals surface area (Å²) in [6.45, 7) is 2.04. The Labute approximate surface area is 114 Å². The molecule has 1 aromatic carbocycles. The third-order valence-corrected chi connectivity index (χ3v) is 3.21. The normalized spacial score (nSPS) is 10.3. The van der Waals surface area contributed by atoms with E-state index in [4.69, 9.17) is 9.84 Å². The summed E-state index contributed by atoms with van der Waals surface area (Å²) in [4.78, 5) is 15.8. The summed E-state index contributed by atoms with van der Waals surface area (Å²) in [5.41, 5.74) is 2.06. The number of carboxylic acids is 1. The second-order valence-corrected chi connectivity index (χ2v) is 4.79. The van der Waals surface area contributed by atoms with Crippen molar-refractivity contribution in [2.24, 2.45) is 0 Å². The predicted octanol–water partition coefficient (Wildman–Crippen LogP) is 2.01. The SMILES string of the molecule is O=C(O)c1ccc(OCCNCc2cncs2)cc1. The first-order valence-corrected chi connectivity index (χ1v) is 6.68. The Bertz CT molecular complexity index is 511. The largest absolute Gasteiger partial charge is 0.492 e. The molecule has 0 radical (unpaired) electrons. The molecule has 2 N–H and O–H groups in total. The molecule has 100 valence electrons. The summed E-state index contributed by atoms with van der Waals surface area (Å²) in [5, 5.41) is 12.0. The van der Waals surface area contributed by atoms with Crippen molar-refractivity contribution < 1.29 is 14.6 Å². The number of nitrogens with zero attached hydrogens (tertiary/aromatic N) is 1. The summed E-state index contributed by atoms with van der Waals surface area (Å²) in [6.07, 6.45) is 1.84. The third-order valence-electron chi connectivity index (χ3n) is 2.43. The van der Waals surface area contributed by atoms with E-state index in [0.29, 0.717) is 12.4 Å². The van der Waals surface area contributed by atoms with Gasteiger partial charge in [0.2, 0.25) is 0 Å². The zero-order valence-corrected chi connectivity index (χ0v) is 11.0. The lowest BCUT2D eigenvalue weighted by Crippen LogP contribution is -2.20. The van der Waals surface area contributed by atoms with Gasteiger partial charge in [0, 0.05) is 24.2 Å². The van der Waals surface area contributed by atoms with Crippen LogP contribution in [-0.4, -0.2) is 29.2 Å². The van der Waals surface area contributed by atoms with Crippen molar-refractivity contribution in [3.05, 3.63) is 46.4 Å². The number of hydrogen-bond donors (Lipinski definition) is 2. The fourth-order valence-electron chi connectivity index (χ4n) is 1.48. The molecule has 2 aromatic rings. The maximum absolute atomic E-state index is 10.7. The van der Waals surface area contributed by atoms with E-state index in [2.05, 4.69) is 10.3 Å². The number of ether oxygens (including phenoxy) is 1. The van der Waals surface area contributed by atoms with Crippen molar-refractivity contribution in [2.75, 3.05) is 13.2 Å². The zero-order valence-electron chi connectivity index (χ0n) is 10.2. The van der Waals surface area contributed by atoms with E-state index in [1.54, 1.807) is 29.0 Å². The molecule has 19 heavy (non-hydrogen) atoms. The van der Waals surface area contributed by atoms with Gasteiger partial charge in [0.05, 0.1) is 11.1 Å². The Morgan fingerprint density at radius 2 is 2.16 bits per heavy atom. The van der Waals surface area contributed by atoms with Crippen molar-refractivity contribution in [3.63, 3.8) is 0 Å². The molecule has 1 heterocycles. The predicted molar refractivity (Wildman–Crippen MR) is 72.7 cm³/mol. The first-order valence-electron chi connectivity index (χ1n) is 5.80. The van der Waals surface area contributed by atoms with Crippen LogP contribution in [0.4, 0.5) is 0 Å². The van der Waals surface area contributed by atoms with Crippen LogP contribution >= 0.6 is 11.3 Å². The molecule has 1 aromatic heterocycles. The molecule has 0 aliphatic heterocycles. The minimum absolute atomic E-state index is 0.260. The minimum atomic E-state index is -0.933. The summed E-state index contributed by atoms with van der Waals surface area (Å²) < 4.78 is 5.49. The lowest BCUT2D eigenvalue weighted by Gasteiger charge is -2.07. The number of benzene rings is 1. The molecule has 0 unspecified atom stereocenters. The van der Waals surface area contributed by atoms with Crippen LogP contribution in [0.25, 0.3) is 0 Å². The van der Waals surface area contributed by atoms with E-state index in [-0.39, 0.29) is 5.56 Å². The van der Waals surface area contributed by atoms with Gasteiger partial charge in [-0.25, -0.2) is 4.79 Å². The Hall–Kier alpha value is -1.92. The number of thiazole rings is 1. The molecule has 0 fully saturated rings. The smallest absolute Gasteiger partial charge is 0.335 e. The highest BCUT2D eigenvalue weighted by Gasteiger charge is 2.01. The summed E-state index contributed by atoms with van der Waals surface area (Å²) in [5.74, 6) is -0.262. The number of carboxylic acid groups (broad SMARTS) is 1. The molecule has 0 spiro atoms. The highest BCUT2D eigenvalue weighted by atomic mass is 32.1. The fraction of sp³-hybridized carbons (Fsp3) is 0.231. The van der Waals surface area contributed by atoms with Gasteiger partial charge in [-0.3, -0.25) is 4.98 Å². The number of aromatic carboxylic acids is 1. The van der Waals surface area contributed by atoms with Crippen molar-refractivity contribution in [1.82, 2.24) is 10.3 Å². The molecular formula is C13H14N2O3S. The second-order valence-electron chi connectivity index (χ2n) is 3.82. The topological polar surface area (TPSA) is 71.5 Å². The van der Waals surface area contributed by atoms with Gasteiger partial charge in [0.1, 0.15) is 12.4 Å². The average Bonchev–Trinajstić information content (AvgIpc) is 2.92. The van der Waals surface area contributed by atoms with Crippen LogP contribution in [0.15, 0.2) is 36.0 Å². The van der Waals surface area contributed by atoms with Crippen molar-refractivity contribution >= 4 is 17.3 Å². The van der Waals surface area contributed by atoms with E-state index in [1.165, 1.54) is 17.0 Å². The average molecular weight is 278 g/mol. The first kappa shape index (κ1) is 13.5. The maximum atomic E-state index is 10.7. The van der Waals surface area contributed by atoms with E-state index in [1.807, 2.05) is 6.20 Å². The zero-order chi connectivity index (χ0) is 13.5. The molecule has 0 amide bonds. The minimum Gasteiger partial charge on any atom is -0.492 e. The Morgan fingerprint density at radius 3 is 2.79 bits per heavy atom. The van der Waals surface area contributed by atoms with E-state index in [0.717, 1.165) is 13.1 Å². The van der Waals surface area contributed by atoms with Crippen molar-refractivity contribution in [3.8, 4) is 5.75 Å². The van der Waals surface area contributed by atoms with Crippen LogP contribution in [0, 0.1) is 0 Å². The summed E-state index contributed by atoms with van der Waals surface area (Å²) >= 11 is 1.61. The van der Waals surface area contributed by atoms with Crippen LogP contribution in [0.1, 0.15) is 15.2 Å². The maximum Gasteiger partial charge on any atom is 0.335 e.